The molecule has 154 valence electrons. The first-order valence-corrected chi connectivity index (χ1v) is 10.5. The van der Waals surface area contributed by atoms with Gasteiger partial charge in [-0.2, -0.15) is 0 Å². The second-order valence-corrected chi connectivity index (χ2v) is 9.00. The van der Waals surface area contributed by atoms with Gasteiger partial charge in [0.2, 0.25) is 5.91 Å². The van der Waals surface area contributed by atoms with Crippen molar-refractivity contribution in [2.24, 2.45) is 5.92 Å². The Morgan fingerprint density at radius 3 is 2.79 bits per heavy atom. The van der Waals surface area contributed by atoms with Gasteiger partial charge in [-0.3, -0.25) is 4.79 Å². The number of hydrogen-bond acceptors (Lipinski definition) is 4. The molecule has 1 aromatic carbocycles. The molecule has 3 heterocycles. The maximum absolute atomic E-state index is 13.0. The number of rotatable bonds is 2. The van der Waals surface area contributed by atoms with Gasteiger partial charge >= 0.3 is 6.09 Å². The van der Waals surface area contributed by atoms with Gasteiger partial charge in [-0.15, -0.1) is 0 Å². The van der Waals surface area contributed by atoms with E-state index < -0.39 is 11.7 Å². The third kappa shape index (κ3) is 4.07. The van der Waals surface area contributed by atoms with Gasteiger partial charge in [-0.25, -0.2) is 14.7 Å². The number of ether oxygens (including phenoxy) is 1. The van der Waals surface area contributed by atoms with E-state index in [4.69, 9.17) is 4.74 Å². The van der Waals surface area contributed by atoms with Gasteiger partial charge in [0, 0.05) is 30.3 Å². The number of hydrogen-bond donors (Lipinski definition) is 0. The number of carbonyl (C=O) groups excluding carboxylic acids is 2. The van der Waals surface area contributed by atoms with Crippen LogP contribution in [0.4, 0.5) is 4.79 Å². The van der Waals surface area contributed by atoms with Crippen molar-refractivity contribution in [3.8, 4) is 5.69 Å². The lowest BCUT2D eigenvalue weighted by molar-refractivity contribution is -0.137. The summed E-state index contributed by atoms with van der Waals surface area (Å²) in [5.41, 5.74) is 4.08. The number of carbonyl (C=O) groups is 2. The summed E-state index contributed by atoms with van der Waals surface area (Å²) in [6.45, 7) is 5.87. The highest BCUT2D eigenvalue weighted by atomic mass is 16.6. The molecule has 1 atom stereocenters. The predicted octanol–water partition coefficient (Wildman–Crippen LogP) is 4.08. The Balaban J connectivity index is 1.54. The van der Waals surface area contributed by atoms with E-state index in [1.54, 1.807) is 0 Å². The average molecular weight is 396 g/mol. The first-order chi connectivity index (χ1) is 13.8. The number of fused-ring (bicyclic) bond motifs is 3. The van der Waals surface area contributed by atoms with Gasteiger partial charge in [-0.1, -0.05) is 18.2 Å². The van der Waals surface area contributed by atoms with Crippen LogP contribution < -0.4 is 0 Å². The van der Waals surface area contributed by atoms with Gasteiger partial charge < -0.3 is 9.30 Å². The van der Waals surface area contributed by atoms with E-state index in [1.165, 1.54) is 21.8 Å². The molecule has 1 unspecified atom stereocenters. The number of imide groups is 1. The molecule has 0 saturated carbocycles. The Morgan fingerprint density at radius 2 is 2.00 bits per heavy atom. The summed E-state index contributed by atoms with van der Waals surface area (Å²) in [6, 6.07) is 8.43. The van der Waals surface area contributed by atoms with Gasteiger partial charge in [-0.05, 0) is 64.5 Å². The molecule has 6 nitrogen and oxygen atoms in total. The molecule has 0 bridgehead atoms. The third-order valence-electron chi connectivity index (χ3n) is 5.67. The van der Waals surface area contributed by atoms with Crippen LogP contribution in [0.3, 0.4) is 0 Å². The third-order valence-corrected chi connectivity index (χ3v) is 5.67. The number of piperidine rings is 1. The lowest BCUT2D eigenvalue weighted by Crippen LogP contribution is -2.47. The first-order valence-electron chi connectivity index (χ1n) is 10.5. The van der Waals surface area contributed by atoms with Crippen LogP contribution in [0.25, 0.3) is 5.69 Å². The maximum Gasteiger partial charge on any atom is 0.417 e. The van der Waals surface area contributed by atoms with Crippen molar-refractivity contribution in [2.75, 3.05) is 6.54 Å². The normalized spacial score (nSPS) is 19.3. The minimum Gasteiger partial charge on any atom is -0.443 e. The lowest BCUT2D eigenvalue weighted by atomic mass is 9.91. The number of nitrogens with zero attached hydrogens (tertiary/aromatic N) is 3. The highest BCUT2D eigenvalue weighted by molar-refractivity contribution is 5.94. The second kappa shape index (κ2) is 7.65. The average Bonchev–Trinajstić information content (AvgIpc) is 2.95. The molecule has 0 radical (unpaired) electrons. The lowest BCUT2D eigenvalue weighted by Gasteiger charge is -2.32. The molecule has 0 spiro atoms. The minimum atomic E-state index is -0.612. The van der Waals surface area contributed by atoms with Gasteiger partial charge in [0.15, 0.2) is 0 Å². The summed E-state index contributed by atoms with van der Waals surface area (Å²) in [7, 11) is 0. The Labute approximate surface area is 171 Å². The van der Waals surface area contributed by atoms with Gasteiger partial charge in [0.05, 0.1) is 12.0 Å². The fourth-order valence-electron chi connectivity index (χ4n) is 4.33. The van der Waals surface area contributed by atoms with Crippen LogP contribution in [0.15, 0.2) is 30.6 Å². The van der Waals surface area contributed by atoms with Crippen molar-refractivity contribution in [1.82, 2.24) is 14.5 Å². The number of likely N-dealkylation sites (tertiary alicyclic amines) is 1. The van der Waals surface area contributed by atoms with Crippen LogP contribution in [0.2, 0.25) is 0 Å². The van der Waals surface area contributed by atoms with Crippen LogP contribution >= 0.6 is 0 Å². The molecular formula is C23H29N3O3. The van der Waals surface area contributed by atoms with Gasteiger partial charge in [0.1, 0.15) is 5.60 Å². The van der Waals surface area contributed by atoms with E-state index in [1.807, 2.05) is 27.1 Å². The molecule has 2 aliphatic heterocycles. The Kier molecular flexibility index (Phi) is 5.19. The molecule has 6 heteroatoms. The van der Waals surface area contributed by atoms with Crippen LogP contribution in [-0.4, -0.2) is 38.6 Å². The van der Waals surface area contributed by atoms with Gasteiger partial charge in [0.25, 0.3) is 0 Å². The van der Waals surface area contributed by atoms with E-state index in [2.05, 4.69) is 33.8 Å². The monoisotopic (exact) mass is 395 g/mol. The van der Waals surface area contributed by atoms with E-state index >= 15 is 0 Å². The van der Waals surface area contributed by atoms with E-state index in [9.17, 15) is 9.59 Å². The van der Waals surface area contributed by atoms with Crippen LogP contribution in [0.5, 0.6) is 0 Å². The highest BCUT2D eigenvalue weighted by Gasteiger charge is 2.36. The minimum absolute atomic E-state index is 0.138. The molecule has 29 heavy (non-hydrogen) atoms. The number of para-hydroxylation sites is 1. The fourth-order valence-corrected chi connectivity index (χ4v) is 4.33. The van der Waals surface area contributed by atoms with Crippen molar-refractivity contribution >= 4 is 12.0 Å². The summed E-state index contributed by atoms with van der Waals surface area (Å²) in [5.74, 6) is -0.365. The molecule has 2 aromatic rings. The number of benzene rings is 1. The van der Waals surface area contributed by atoms with E-state index in [-0.39, 0.29) is 11.8 Å². The van der Waals surface area contributed by atoms with Crippen LogP contribution in [0, 0.1) is 5.92 Å². The van der Waals surface area contributed by atoms with Crippen molar-refractivity contribution < 1.29 is 14.3 Å². The van der Waals surface area contributed by atoms with Crippen molar-refractivity contribution in [2.45, 2.75) is 64.9 Å². The molecule has 2 aliphatic rings. The molecule has 0 N–H and O–H groups in total. The number of imidazole rings is 1. The molecule has 2 amide bonds. The summed E-state index contributed by atoms with van der Waals surface area (Å²) in [4.78, 5) is 31.4. The molecule has 1 saturated heterocycles. The highest BCUT2D eigenvalue weighted by Crippen LogP contribution is 2.29. The quantitative estimate of drug-likeness (QED) is 0.769. The molecule has 4 rings (SSSR count). The standard InChI is InChI=1S/C23H29N3O3/c1-23(2,3)29-22(28)25-13-7-10-17(21(25)27)14-18-20-12-6-9-16-8-4-5-11-19(16)26(20)15-24-18/h4-5,8,11,15,17H,6-7,9-10,12-14H2,1-3H3. The largest absolute Gasteiger partial charge is 0.443 e. The first kappa shape index (κ1) is 19.7. The molecule has 1 aromatic heterocycles. The van der Waals surface area contributed by atoms with Crippen LogP contribution in [-0.2, 0) is 28.8 Å². The van der Waals surface area contributed by atoms with E-state index in [0.717, 1.165) is 37.8 Å². The van der Waals surface area contributed by atoms with Crippen molar-refractivity contribution in [3.63, 3.8) is 0 Å². The zero-order valence-corrected chi connectivity index (χ0v) is 17.5. The van der Waals surface area contributed by atoms with E-state index in [0.29, 0.717) is 13.0 Å². The topological polar surface area (TPSA) is 64.4 Å². The smallest absolute Gasteiger partial charge is 0.417 e. The van der Waals surface area contributed by atoms with Crippen LogP contribution in [0.1, 0.15) is 57.0 Å². The summed E-state index contributed by atoms with van der Waals surface area (Å²) in [6.07, 6.45) is 6.56. The zero-order chi connectivity index (χ0) is 20.6. The summed E-state index contributed by atoms with van der Waals surface area (Å²) < 4.78 is 7.60. The molecular weight excluding hydrogens is 366 g/mol. The van der Waals surface area contributed by atoms with Crippen molar-refractivity contribution in [1.29, 1.82) is 0 Å². The van der Waals surface area contributed by atoms with Crippen molar-refractivity contribution in [3.05, 3.63) is 47.5 Å². The second-order valence-electron chi connectivity index (χ2n) is 9.00. The Morgan fingerprint density at radius 1 is 1.21 bits per heavy atom. The Bertz CT molecular complexity index is 926. The maximum atomic E-state index is 13.0. The number of amides is 2. The molecule has 0 aliphatic carbocycles. The number of aryl methyl sites for hydroxylation is 1. The summed E-state index contributed by atoms with van der Waals surface area (Å²) >= 11 is 0. The fraction of sp³-hybridized carbons (Fsp3) is 0.522. The Hall–Kier alpha value is -2.63. The summed E-state index contributed by atoms with van der Waals surface area (Å²) in [5, 5.41) is 0. The molecule has 1 fully saturated rings. The predicted molar refractivity (Wildman–Crippen MR) is 110 cm³/mol. The number of aromatic nitrogens is 2. The SMILES string of the molecule is CC(C)(C)OC(=O)N1CCCC(Cc2ncn3c2CCCc2ccccc2-3)C1=O. The zero-order valence-electron chi connectivity index (χ0n) is 17.5.